The molecule has 2 heteroatoms. The fourth-order valence-electron chi connectivity index (χ4n) is 0.263. The molecule has 0 spiro atoms. The summed E-state index contributed by atoms with van der Waals surface area (Å²) in [7, 11) is 0. The first-order valence-electron chi connectivity index (χ1n) is 2.23. The van der Waals surface area contributed by atoms with Crippen LogP contribution in [0.15, 0.2) is 0 Å². The van der Waals surface area contributed by atoms with Gasteiger partial charge in [-0.3, -0.25) is 0 Å². The van der Waals surface area contributed by atoms with Gasteiger partial charge in [0.1, 0.15) is 0 Å². The van der Waals surface area contributed by atoms with Gasteiger partial charge in [-0.15, -0.1) is 0 Å². The summed E-state index contributed by atoms with van der Waals surface area (Å²) >= 11 is 3.73. The van der Waals surface area contributed by atoms with Crippen molar-refractivity contribution in [2.75, 3.05) is 0 Å². The van der Waals surface area contributed by atoms with Crippen LogP contribution in [0.3, 0.4) is 0 Å². The van der Waals surface area contributed by atoms with E-state index in [1.807, 2.05) is 33.7 Å². The van der Waals surface area contributed by atoms with E-state index in [0.29, 0.717) is 0 Å². The van der Waals surface area contributed by atoms with Crippen molar-refractivity contribution in [3.8, 4) is 0 Å². The van der Waals surface area contributed by atoms with Crippen molar-refractivity contribution in [1.29, 1.82) is 0 Å². The summed E-state index contributed by atoms with van der Waals surface area (Å²) in [5.74, 6) is 0. The predicted octanol–water partition coefficient (Wildman–Crippen LogP) is -0.131. The summed E-state index contributed by atoms with van der Waals surface area (Å²) in [6.45, 7) is 2.29. The topological polar surface area (TPSA) is 0 Å². The average Bonchev–Trinajstić information content (AvgIpc) is 1.35. The van der Waals surface area contributed by atoms with Crippen molar-refractivity contribution >= 4 is 33.7 Å². The van der Waals surface area contributed by atoms with E-state index >= 15 is 0 Å². The van der Waals surface area contributed by atoms with Crippen molar-refractivity contribution in [3.63, 3.8) is 0 Å². The van der Waals surface area contributed by atoms with Crippen LogP contribution in [0.2, 0.25) is 9.91 Å². The van der Waals surface area contributed by atoms with E-state index in [9.17, 15) is 0 Å². The summed E-state index contributed by atoms with van der Waals surface area (Å²) in [5.41, 5.74) is 0. The van der Waals surface area contributed by atoms with E-state index in [2.05, 4.69) is 6.92 Å². The number of rotatable bonds is 2. The molecular formula is C4H12As2. The number of hydrogen-bond donors (Lipinski definition) is 0. The van der Waals surface area contributed by atoms with Crippen LogP contribution in [0.25, 0.3) is 0 Å². The van der Waals surface area contributed by atoms with Crippen LogP contribution in [0.4, 0.5) is 0 Å². The Hall–Kier alpha value is 1.12. The summed E-state index contributed by atoms with van der Waals surface area (Å²) in [6, 6.07) is 0. The van der Waals surface area contributed by atoms with Crippen LogP contribution in [0.1, 0.15) is 13.3 Å². The van der Waals surface area contributed by atoms with Crippen LogP contribution in [0, 0.1) is 0 Å². The molecule has 0 nitrogen and oxygen atoms in total. The van der Waals surface area contributed by atoms with Crippen LogP contribution in [0.5, 0.6) is 0 Å². The van der Waals surface area contributed by atoms with Gasteiger partial charge in [-0.25, -0.2) is 0 Å². The van der Waals surface area contributed by atoms with E-state index in [1.165, 1.54) is 11.6 Å². The third kappa shape index (κ3) is 5.12. The molecule has 0 heterocycles. The van der Waals surface area contributed by atoms with Crippen molar-refractivity contribution in [1.82, 2.24) is 0 Å². The molecule has 6 heavy (non-hydrogen) atoms. The van der Waals surface area contributed by atoms with E-state index < -0.39 is 0 Å². The molecule has 0 N–H and O–H groups in total. The minimum absolute atomic E-state index is 0.976. The van der Waals surface area contributed by atoms with E-state index in [1.54, 1.807) is 0 Å². The Morgan fingerprint density at radius 1 is 1.67 bits per heavy atom. The molecule has 0 radical (unpaired) electrons. The second-order valence-electron chi connectivity index (χ2n) is 1.55. The maximum atomic E-state index is 2.29. The molecule has 0 aromatic carbocycles. The van der Waals surface area contributed by atoms with Crippen molar-refractivity contribution < 1.29 is 0 Å². The zero-order chi connectivity index (χ0) is 4.99. The van der Waals surface area contributed by atoms with Crippen LogP contribution >= 0.6 is 0 Å². The standard InChI is InChI=1S/C4H12As2/c1-4(6)2-3-5/h4H,2-3,5-6H2,1H3. The molecule has 0 aliphatic heterocycles. The van der Waals surface area contributed by atoms with Gasteiger partial charge >= 0.3 is 57.0 Å². The predicted molar refractivity (Wildman–Crippen MR) is 35.9 cm³/mol. The Balaban J connectivity index is 2.63. The summed E-state index contributed by atoms with van der Waals surface area (Å²) < 4.78 is 0.976. The Kier molecular flexibility index (Phi) is 5.08. The van der Waals surface area contributed by atoms with E-state index in [-0.39, 0.29) is 0 Å². The van der Waals surface area contributed by atoms with Crippen molar-refractivity contribution in [2.24, 2.45) is 0 Å². The molecule has 3 unspecified atom stereocenters. The van der Waals surface area contributed by atoms with Crippen molar-refractivity contribution in [3.05, 3.63) is 0 Å². The van der Waals surface area contributed by atoms with Crippen LogP contribution in [-0.4, -0.2) is 33.7 Å². The first-order chi connectivity index (χ1) is 2.77. The molecule has 0 rings (SSSR count). The molecule has 0 fully saturated rings. The third-order valence-corrected chi connectivity index (χ3v) is 2.02. The minimum atomic E-state index is 0.976. The SMILES string of the molecule is CC([AsH2])CC[AsH2]. The quantitative estimate of drug-likeness (QED) is 0.557. The van der Waals surface area contributed by atoms with Gasteiger partial charge in [-0.1, -0.05) is 0 Å². The molecule has 0 saturated heterocycles. The van der Waals surface area contributed by atoms with Crippen molar-refractivity contribution in [2.45, 2.75) is 23.3 Å². The van der Waals surface area contributed by atoms with Gasteiger partial charge in [0, 0.05) is 0 Å². The number of hydrogen-bond acceptors (Lipinski definition) is 0. The third-order valence-electron chi connectivity index (χ3n) is 0.622. The Bertz CT molecular complexity index is 26.7. The van der Waals surface area contributed by atoms with Gasteiger partial charge in [-0.05, 0) is 0 Å². The van der Waals surface area contributed by atoms with Gasteiger partial charge < -0.3 is 0 Å². The van der Waals surface area contributed by atoms with Gasteiger partial charge in [0.05, 0.1) is 0 Å². The Labute approximate surface area is 57.1 Å². The molecule has 38 valence electrons. The normalized spacial score (nSPS) is 14.5. The first-order valence-corrected chi connectivity index (χ1v) is 5.34. The molecule has 0 amide bonds. The van der Waals surface area contributed by atoms with Crippen LogP contribution in [-0.2, 0) is 0 Å². The fourth-order valence-corrected chi connectivity index (χ4v) is 3.46. The summed E-state index contributed by atoms with van der Waals surface area (Å²) in [6.07, 6.45) is 1.43. The second kappa shape index (κ2) is 4.28. The molecule has 0 aromatic rings. The van der Waals surface area contributed by atoms with Crippen LogP contribution < -0.4 is 0 Å². The Morgan fingerprint density at radius 3 is 2.17 bits per heavy atom. The monoisotopic (exact) mass is 210 g/mol. The molecule has 0 aliphatic rings. The molecule has 0 aromatic heterocycles. The zero-order valence-corrected chi connectivity index (χ0v) is 8.99. The van der Waals surface area contributed by atoms with E-state index in [0.717, 1.165) is 4.71 Å². The molecule has 0 bridgehead atoms. The van der Waals surface area contributed by atoms with Gasteiger partial charge in [0.25, 0.3) is 0 Å². The molecular weight excluding hydrogens is 198 g/mol. The first kappa shape index (κ1) is 7.12. The second-order valence-corrected chi connectivity index (χ2v) is 5.15. The molecule has 0 saturated carbocycles. The van der Waals surface area contributed by atoms with E-state index in [4.69, 9.17) is 0 Å². The maximum absolute atomic E-state index is 2.29. The average molecular weight is 210 g/mol. The van der Waals surface area contributed by atoms with Gasteiger partial charge in [0.2, 0.25) is 0 Å². The molecule has 3 atom stereocenters. The fraction of sp³-hybridized carbons (Fsp3) is 1.00. The zero-order valence-electron chi connectivity index (χ0n) is 4.15. The Morgan fingerprint density at radius 2 is 2.17 bits per heavy atom. The summed E-state index contributed by atoms with van der Waals surface area (Å²) in [5, 5.41) is 1.41. The molecule has 0 aliphatic carbocycles. The van der Waals surface area contributed by atoms with Gasteiger partial charge in [0.15, 0.2) is 0 Å². The van der Waals surface area contributed by atoms with Gasteiger partial charge in [-0.2, -0.15) is 0 Å². The summed E-state index contributed by atoms with van der Waals surface area (Å²) in [4.78, 5) is 0.